The van der Waals surface area contributed by atoms with E-state index in [-0.39, 0.29) is 5.75 Å². The molecule has 1 aromatic carbocycles. The largest absolute Gasteiger partial charge is 0.508 e. The minimum Gasteiger partial charge on any atom is -0.508 e. The maximum Gasteiger partial charge on any atom is 0.137 e. The minimum atomic E-state index is 0.280. The smallest absolute Gasteiger partial charge is 0.137 e. The third kappa shape index (κ3) is 10.5. The van der Waals surface area contributed by atoms with Crippen LogP contribution >= 0.6 is 12.0 Å². The lowest BCUT2D eigenvalue weighted by atomic mass is 10.1. The number of phenolic OH excluding ortho intramolecular Hbond substituents is 1. The third-order valence-corrected chi connectivity index (χ3v) is 4.34. The first kappa shape index (κ1) is 18.2. The zero-order valence-corrected chi connectivity index (χ0v) is 14.2. The summed E-state index contributed by atoms with van der Waals surface area (Å²) in [6.07, 6.45) is 13.7. The molecule has 1 rings (SSSR count). The molecule has 0 amide bonds. The molecule has 0 unspecified atom stereocenters. The van der Waals surface area contributed by atoms with Gasteiger partial charge in [-0.15, -0.1) is 0 Å². The fraction of sp³-hybridized carbons (Fsp3) is 0.667. The summed E-state index contributed by atoms with van der Waals surface area (Å²) in [5.41, 5.74) is 0. The molecule has 1 N–H and O–H groups in total. The number of benzene rings is 1. The molecule has 2 nitrogen and oxygen atoms in total. The van der Waals surface area contributed by atoms with Gasteiger partial charge < -0.3 is 9.29 Å². The molecule has 3 heteroatoms. The number of rotatable bonds is 13. The van der Waals surface area contributed by atoms with Gasteiger partial charge in [0.25, 0.3) is 0 Å². The summed E-state index contributed by atoms with van der Waals surface area (Å²) >= 11 is 1.51. The number of phenols is 1. The molecule has 0 atom stereocenters. The van der Waals surface area contributed by atoms with Crippen molar-refractivity contribution in [3.8, 4) is 11.5 Å². The van der Waals surface area contributed by atoms with Gasteiger partial charge in [-0.05, 0) is 30.7 Å². The van der Waals surface area contributed by atoms with Gasteiger partial charge in [0.1, 0.15) is 11.5 Å². The molecule has 0 bridgehead atoms. The van der Waals surface area contributed by atoms with E-state index in [0.29, 0.717) is 0 Å². The molecule has 0 heterocycles. The average molecular weight is 311 g/mol. The van der Waals surface area contributed by atoms with E-state index in [4.69, 9.17) is 9.29 Å². The standard InChI is InChI=1S/C18H30O2S/c1-2-3-4-5-6-7-8-9-10-11-16-21-20-18-14-12-17(19)13-15-18/h12-15,19H,2-11,16H2,1H3. The van der Waals surface area contributed by atoms with Gasteiger partial charge in [-0.1, -0.05) is 64.7 Å². The number of unbranched alkanes of at least 4 members (excludes halogenated alkanes) is 9. The van der Waals surface area contributed by atoms with Crippen LogP contribution < -0.4 is 4.18 Å². The normalized spacial score (nSPS) is 10.7. The van der Waals surface area contributed by atoms with Crippen molar-refractivity contribution >= 4 is 12.0 Å². The summed E-state index contributed by atoms with van der Waals surface area (Å²) < 4.78 is 5.55. The van der Waals surface area contributed by atoms with Crippen LogP contribution in [0, 0.1) is 0 Å². The van der Waals surface area contributed by atoms with Gasteiger partial charge in [-0.25, -0.2) is 0 Å². The van der Waals surface area contributed by atoms with Crippen LogP contribution in [0.4, 0.5) is 0 Å². The van der Waals surface area contributed by atoms with E-state index in [0.717, 1.165) is 11.5 Å². The summed E-state index contributed by atoms with van der Waals surface area (Å²) in [4.78, 5) is 0. The topological polar surface area (TPSA) is 29.5 Å². The minimum absolute atomic E-state index is 0.280. The lowest BCUT2D eigenvalue weighted by Crippen LogP contribution is -1.87. The Balaban J connectivity index is 1.81. The SMILES string of the molecule is CCCCCCCCCCCCSOc1ccc(O)cc1. The van der Waals surface area contributed by atoms with Gasteiger partial charge in [0, 0.05) is 5.75 Å². The Hall–Kier alpha value is -0.830. The molecule has 0 fully saturated rings. The fourth-order valence-electron chi connectivity index (χ4n) is 2.26. The highest BCUT2D eigenvalue weighted by Crippen LogP contribution is 2.20. The summed E-state index contributed by atoms with van der Waals surface area (Å²) in [6.45, 7) is 2.27. The van der Waals surface area contributed by atoms with Crippen LogP contribution in [0.1, 0.15) is 71.1 Å². The second-order valence-corrected chi connectivity index (χ2v) is 6.39. The maximum atomic E-state index is 9.17. The molecule has 1 aromatic rings. The molecule has 120 valence electrons. The fourth-order valence-corrected chi connectivity index (χ4v) is 2.91. The molecule has 0 aliphatic heterocycles. The first-order valence-corrected chi connectivity index (χ1v) is 9.32. The van der Waals surface area contributed by atoms with Gasteiger partial charge >= 0.3 is 0 Å². The van der Waals surface area contributed by atoms with Gasteiger partial charge in [-0.2, -0.15) is 0 Å². The van der Waals surface area contributed by atoms with E-state index in [1.165, 1.54) is 76.3 Å². The Kier molecular flexibility index (Phi) is 11.2. The van der Waals surface area contributed by atoms with E-state index in [9.17, 15) is 0 Å². The molecule has 0 aromatic heterocycles. The van der Waals surface area contributed by atoms with Crippen molar-refractivity contribution in [1.82, 2.24) is 0 Å². The molecular weight excluding hydrogens is 280 g/mol. The van der Waals surface area contributed by atoms with Crippen molar-refractivity contribution in [2.24, 2.45) is 0 Å². The van der Waals surface area contributed by atoms with Crippen molar-refractivity contribution in [2.45, 2.75) is 71.1 Å². The van der Waals surface area contributed by atoms with Gasteiger partial charge in [0.2, 0.25) is 0 Å². The maximum absolute atomic E-state index is 9.17. The highest BCUT2D eigenvalue weighted by atomic mass is 32.2. The Morgan fingerprint density at radius 1 is 0.810 bits per heavy atom. The molecule has 0 saturated carbocycles. The third-order valence-electron chi connectivity index (χ3n) is 3.57. The first-order valence-electron chi connectivity index (χ1n) is 8.41. The zero-order valence-electron chi connectivity index (χ0n) is 13.4. The van der Waals surface area contributed by atoms with E-state index in [2.05, 4.69) is 6.92 Å². The van der Waals surface area contributed by atoms with E-state index >= 15 is 0 Å². The highest BCUT2D eigenvalue weighted by Gasteiger charge is 1.96. The van der Waals surface area contributed by atoms with Crippen molar-refractivity contribution in [3.05, 3.63) is 24.3 Å². The molecular formula is C18H30O2S. The molecule has 0 spiro atoms. The molecule has 21 heavy (non-hydrogen) atoms. The van der Waals surface area contributed by atoms with Crippen molar-refractivity contribution in [1.29, 1.82) is 0 Å². The molecule has 0 aliphatic carbocycles. The van der Waals surface area contributed by atoms with E-state index < -0.39 is 0 Å². The second kappa shape index (κ2) is 12.9. The summed E-state index contributed by atoms with van der Waals surface area (Å²) in [5, 5.41) is 9.17. The van der Waals surface area contributed by atoms with Crippen LogP contribution in [0.15, 0.2) is 24.3 Å². The van der Waals surface area contributed by atoms with Crippen LogP contribution in [-0.2, 0) is 0 Å². The van der Waals surface area contributed by atoms with Crippen LogP contribution in [-0.4, -0.2) is 10.9 Å². The molecule has 0 radical (unpaired) electrons. The monoisotopic (exact) mass is 310 g/mol. The van der Waals surface area contributed by atoms with Crippen LogP contribution in [0.25, 0.3) is 0 Å². The second-order valence-electron chi connectivity index (χ2n) is 5.58. The van der Waals surface area contributed by atoms with Crippen molar-refractivity contribution in [3.63, 3.8) is 0 Å². The lowest BCUT2D eigenvalue weighted by Gasteiger charge is -2.04. The van der Waals surface area contributed by atoms with Gasteiger partial charge in [0.15, 0.2) is 0 Å². The highest BCUT2D eigenvalue weighted by molar-refractivity contribution is 7.95. The average Bonchev–Trinajstić information content (AvgIpc) is 2.50. The molecule has 0 saturated heterocycles. The van der Waals surface area contributed by atoms with Crippen LogP contribution in [0.3, 0.4) is 0 Å². The Morgan fingerprint density at radius 3 is 1.90 bits per heavy atom. The van der Waals surface area contributed by atoms with Crippen molar-refractivity contribution in [2.75, 3.05) is 5.75 Å². The summed E-state index contributed by atoms with van der Waals surface area (Å²) in [5.74, 6) is 2.13. The Morgan fingerprint density at radius 2 is 1.33 bits per heavy atom. The lowest BCUT2D eigenvalue weighted by molar-refractivity contribution is 0.474. The Labute approximate surface area is 134 Å². The van der Waals surface area contributed by atoms with Crippen LogP contribution in [0.2, 0.25) is 0 Å². The van der Waals surface area contributed by atoms with Crippen LogP contribution in [0.5, 0.6) is 11.5 Å². The van der Waals surface area contributed by atoms with Gasteiger partial charge in [0.05, 0.1) is 12.0 Å². The number of hydrogen-bond donors (Lipinski definition) is 1. The van der Waals surface area contributed by atoms with E-state index in [1.54, 1.807) is 24.3 Å². The molecule has 0 aliphatic rings. The summed E-state index contributed by atoms with van der Waals surface area (Å²) in [6, 6.07) is 6.88. The quantitative estimate of drug-likeness (QED) is 0.340. The van der Waals surface area contributed by atoms with Crippen molar-refractivity contribution < 1.29 is 9.29 Å². The predicted molar refractivity (Wildman–Crippen MR) is 93.0 cm³/mol. The zero-order chi connectivity index (χ0) is 15.2. The predicted octanol–water partition coefficient (Wildman–Crippen LogP) is 6.34. The van der Waals surface area contributed by atoms with Gasteiger partial charge in [-0.3, -0.25) is 0 Å². The van der Waals surface area contributed by atoms with E-state index in [1.807, 2.05) is 0 Å². The first-order chi connectivity index (χ1) is 10.3. The summed E-state index contributed by atoms with van der Waals surface area (Å²) in [7, 11) is 0. The number of aromatic hydroxyl groups is 1. The number of hydrogen-bond acceptors (Lipinski definition) is 3. The Bertz CT molecular complexity index is 338.